The molecule has 11 nitrogen and oxygen atoms in total. The lowest BCUT2D eigenvalue weighted by Crippen LogP contribution is -2.55. The van der Waals surface area contributed by atoms with Crippen LogP contribution in [0.5, 0.6) is 0 Å². The van der Waals surface area contributed by atoms with Crippen LogP contribution in [0.15, 0.2) is 53.4 Å². The van der Waals surface area contributed by atoms with Crippen molar-refractivity contribution in [3.8, 4) is 0 Å². The molecular weight excluding hydrogens is 609 g/mol. The summed E-state index contributed by atoms with van der Waals surface area (Å²) in [7, 11) is -5.39. The molecule has 0 radical (unpaired) electrons. The molecule has 0 atom stereocenters. The van der Waals surface area contributed by atoms with Crippen LogP contribution in [0.25, 0.3) is 5.78 Å². The van der Waals surface area contributed by atoms with E-state index in [0.29, 0.717) is 46.8 Å². The van der Waals surface area contributed by atoms with Gasteiger partial charge in [0.1, 0.15) is 11.5 Å². The number of allylic oxidation sites excluding steroid dienone is 1. The summed E-state index contributed by atoms with van der Waals surface area (Å²) in [6.07, 6.45) is 7.85. The Morgan fingerprint density at radius 2 is 1.80 bits per heavy atom. The number of nitrogens with one attached hydrogen (secondary N) is 1. The number of piperidine rings is 1. The first kappa shape index (κ1) is 31.0. The van der Waals surface area contributed by atoms with Gasteiger partial charge in [0.2, 0.25) is 5.78 Å². The molecular formula is C30H35F3N8O3S. The fourth-order valence-corrected chi connectivity index (χ4v) is 7.00. The van der Waals surface area contributed by atoms with Gasteiger partial charge in [-0.25, -0.2) is 23.4 Å². The molecule has 2 saturated heterocycles. The summed E-state index contributed by atoms with van der Waals surface area (Å²) in [5.41, 5.74) is -0.339. The van der Waals surface area contributed by atoms with E-state index in [1.165, 1.54) is 0 Å². The number of carbonyl (C=O) groups is 1. The molecule has 2 aromatic heterocycles. The van der Waals surface area contributed by atoms with Gasteiger partial charge in [0.05, 0.1) is 12.2 Å². The minimum Gasteiger partial charge on any atom is -0.371 e. The van der Waals surface area contributed by atoms with Crippen LogP contribution in [0, 0.1) is 12.8 Å². The lowest BCUT2D eigenvalue weighted by molar-refractivity contribution is -0.0489. The molecule has 15 heteroatoms. The standard InChI is InChI=1S/C30H35F3N8O3S/c1-3-24-27(41-18-20(2)16-35-29(41)37-24)28(42)34-17-21-4-6-23(7-5-21)38-11-8-22(9-12-38)25-10-13-39-14-15-40(19-26(39)36-25)45(43,44)30(31,32)33/h4-7,10,16,18,22H,3,8-9,11-15,17,19H2,1-2H3,(H,34,42). The third-order valence-electron chi connectivity index (χ3n) is 8.61. The Balaban J connectivity index is 1.04. The number of benzene rings is 1. The highest BCUT2D eigenvalue weighted by Gasteiger charge is 2.51. The number of aromatic nitrogens is 3. The number of halogens is 3. The summed E-state index contributed by atoms with van der Waals surface area (Å²) in [5, 5.41) is 3.01. The third-order valence-corrected chi connectivity index (χ3v) is 10.2. The molecule has 3 aromatic rings. The molecule has 2 fully saturated rings. The number of aryl methyl sites for hydroxylation is 2. The van der Waals surface area contributed by atoms with Crippen LogP contribution in [-0.4, -0.2) is 88.5 Å². The smallest absolute Gasteiger partial charge is 0.371 e. The number of anilines is 1. The molecule has 0 saturated carbocycles. The van der Waals surface area contributed by atoms with Crippen LogP contribution in [0.2, 0.25) is 0 Å². The molecule has 45 heavy (non-hydrogen) atoms. The van der Waals surface area contributed by atoms with Gasteiger partial charge in [-0.1, -0.05) is 19.1 Å². The number of sulfonamides is 1. The van der Waals surface area contributed by atoms with Crippen LogP contribution >= 0.6 is 0 Å². The fourth-order valence-electron chi connectivity index (χ4n) is 6.10. The second-order valence-corrected chi connectivity index (χ2v) is 13.5. The zero-order valence-corrected chi connectivity index (χ0v) is 25.9. The van der Waals surface area contributed by atoms with Gasteiger partial charge in [0.25, 0.3) is 5.91 Å². The quantitative estimate of drug-likeness (QED) is 0.419. The first-order chi connectivity index (χ1) is 21.4. The summed E-state index contributed by atoms with van der Waals surface area (Å²) in [6, 6.07) is 8.07. The Hall–Kier alpha value is -3.98. The number of amides is 1. The van der Waals surface area contributed by atoms with Gasteiger partial charge in [0, 0.05) is 69.0 Å². The number of rotatable bonds is 7. The van der Waals surface area contributed by atoms with Crippen molar-refractivity contribution in [3.63, 3.8) is 0 Å². The maximum absolute atomic E-state index is 13.1. The summed E-state index contributed by atoms with van der Waals surface area (Å²) >= 11 is 0. The number of piperazine rings is 1. The second kappa shape index (κ2) is 12.1. The van der Waals surface area contributed by atoms with E-state index in [4.69, 9.17) is 0 Å². The topological polar surface area (TPSA) is 116 Å². The average molecular weight is 645 g/mol. The molecule has 5 heterocycles. The van der Waals surface area contributed by atoms with E-state index in [-0.39, 0.29) is 31.5 Å². The van der Waals surface area contributed by atoms with Crippen LogP contribution < -0.4 is 10.2 Å². The van der Waals surface area contributed by atoms with E-state index < -0.39 is 15.5 Å². The molecule has 0 spiro atoms. The molecule has 3 aliphatic rings. The zero-order chi connectivity index (χ0) is 31.9. The maximum atomic E-state index is 13.1. The monoisotopic (exact) mass is 644 g/mol. The number of amidine groups is 1. The van der Waals surface area contributed by atoms with Gasteiger partial charge in [-0.05, 0) is 55.5 Å². The highest BCUT2D eigenvalue weighted by Crippen LogP contribution is 2.32. The molecule has 240 valence electrons. The van der Waals surface area contributed by atoms with Crippen molar-refractivity contribution in [2.75, 3.05) is 44.2 Å². The summed E-state index contributed by atoms with van der Waals surface area (Å²) in [5.74, 6) is 0.814. The molecule has 0 aliphatic carbocycles. The Bertz CT molecular complexity index is 1760. The first-order valence-corrected chi connectivity index (χ1v) is 16.4. The normalized spacial score (nSPS) is 18.5. The van der Waals surface area contributed by atoms with E-state index in [0.717, 1.165) is 48.4 Å². The van der Waals surface area contributed by atoms with Crippen molar-refractivity contribution < 1.29 is 26.4 Å². The number of hydrogen-bond acceptors (Lipinski definition) is 8. The number of aliphatic imine (C=N–C) groups is 1. The van der Waals surface area contributed by atoms with Crippen molar-refractivity contribution in [1.29, 1.82) is 0 Å². The van der Waals surface area contributed by atoms with Gasteiger partial charge in [0.15, 0.2) is 0 Å². The van der Waals surface area contributed by atoms with Crippen LogP contribution in [0.1, 0.15) is 47.1 Å². The third kappa shape index (κ3) is 6.15. The summed E-state index contributed by atoms with van der Waals surface area (Å²) in [4.78, 5) is 30.7. The Labute approximate surface area is 259 Å². The van der Waals surface area contributed by atoms with Gasteiger partial charge in [-0.2, -0.15) is 17.5 Å². The van der Waals surface area contributed by atoms with Crippen molar-refractivity contribution in [2.24, 2.45) is 10.9 Å². The van der Waals surface area contributed by atoms with Gasteiger partial charge >= 0.3 is 15.5 Å². The second-order valence-electron chi connectivity index (χ2n) is 11.6. The summed E-state index contributed by atoms with van der Waals surface area (Å²) in [6.45, 7) is 5.90. The number of imidazole rings is 1. The number of hydrogen-bond donors (Lipinski definition) is 1. The Kier molecular flexibility index (Phi) is 8.33. The lowest BCUT2D eigenvalue weighted by atomic mass is 9.92. The van der Waals surface area contributed by atoms with Crippen LogP contribution in [0.3, 0.4) is 0 Å². The van der Waals surface area contributed by atoms with Gasteiger partial charge < -0.3 is 15.1 Å². The molecule has 0 unspecified atom stereocenters. The highest BCUT2D eigenvalue weighted by atomic mass is 32.2. The van der Waals surface area contributed by atoms with E-state index in [9.17, 15) is 26.4 Å². The average Bonchev–Trinajstić information content (AvgIpc) is 3.40. The molecule has 1 N–H and O–H groups in total. The van der Waals surface area contributed by atoms with Crippen molar-refractivity contribution >= 4 is 33.2 Å². The zero-order valence-electron chi connectivity index (χ0n) is 25.1. The maximum Gasteiger partial charge on any atom is 0.511 e. The van der Waals surface area contributed by atoms with E-state index >= 15 is 0 Å². The highest BCUT2D eigenvalue weighted by molar-refractivity contribution is 7.90. The number of nitrogens with zero attached hydrogens (tertiary/aromatic N) is 7. The SMILES string of the molecule is CCc1nc2ncc(C)cn2c1C(=O)NCc1ccc(N2CCC(C3=CCN4CCN(S(=O)(=O)C(F)(F)F)CC4=N3)CC2)cc1. The Morgan fingerprint density at radius 3 is 2.49 bits per heavy atom. The predicted octanol–water partition coefficient (Wildman–Crippen LogP) is 3.51. The van der Waals surface area contributed by atoms with Crippen LogP contribution in [-0.2, 0) is 23.0 Å². The number of alkyl halides is 3. The van der Waals surface area contributed by atoms with Crippen molar-refractivity contribution in [3.05, 3.63) is 70.9 Å². The number of carbonyl (C=O) groups excluding carboxylic acids is 1. The minimum atomic E-state index is -5.39. The largest absolute Gasteiger partial charge is 0.511 e. The van der Waals surface area contributed by atoms with E-state index in [1.54, 1.807) is 10.6 Å². The first-order valence-electron chi connectivity index (χ1n) is 15.0. The summed E-state index contributed by atoms with van der Waals surface area (Å²) < 4.78 is 65.4. The minimum absolute atomic E-state index is 0.145. The molecule has 1 amide bonds. The fraction of sp³-hybridized carbons (Fsp3) is 0.467. The van der Waals surface area contributed by atoms with Crippen molar-refractivity contribution in [1.82, 2.24) is 28.9 Å². The molecule has 6 rings (SSSR count). The van der Waals surface area contributed by atoms with E-state index in [2.05, 4.69) is 25.2 Å². The molecule has 3 aliphatic heterocycles. The van der Waals surface area contributed by atoms with Gasteiger partial charge in [-0.15, -0.1) is 0 Å². The lowest BCUT2D eigenvalue weighted by Gasteiger charge is -2.39. The Morgan fingerprint density at radius 1 is 1.07 bits per heavy atom. The van der Waals surface area contributed by atoms with E-state index in [1.807, 2.05) is 55.3 Å². The molecule has 0 bridgehead atoms. The molecule has 1 aromatic carbocycles. The number of fused-ring (bicyclic) bond motifs is 2. The van der Waals surface area contributed by atoms with Gasteiger partial charge in [-0.3, -0.25) is 9.20 Å². The van der Waals surface area contributed by atoms with Crippen LogP contribution in [0.4, 0.5) is 18.9 Å². The predicted molar refractivity (Wildman–Crippen MR) is 163 cm³/mol. The van der Waals surface area contributed by atoms with Crippen molar-refractivity contribution in [2.45, 2.75) is 45.2 Å².